The minimum absolute atomic E-state index is 0.238. The summed E-state index contributed by atoms with van der Waals surface area (Å²) in [4.78, 5) is 46.9. The Morgan fingerprint density at radius 1 is 1.15 bits per heavy atom. The lowest BCUT2D eigenvalue weighted by Gasteiger charge is -2.37. The number of amides is 3. The number of fused-ring (bicyclic) bond motifs is 1. The van der Waals surface area contributed by atoms with E-state index in [9.17, 15) is 14.4 Å². The third-order valence-electron chi connectivity index (χ3n) is 6.14. The second kappa shape index (κ2) is 9.52. The molecule has 2 unspecified atom stereocenters. The predicted molar refractivity (Wildman–Crippen MR) is 125 cm³/mol. The van der Waals surface area contributed by atoms with Crippen LogP contribution in [0.3, 0.4) is 0 Å². The fourth-order valence-corrected chi connectivity index (χ4v) is 4.67. The first-order chi connectivity index (χ1) is 16.1. The van der Waals surface area contributed by atoms with Crippen LogP contribution in [0.4, 0.5) is 4.79 Å². The third-order valence-corrected chi connectivity index (χ3v) is 6.42. The molecule has 2 heterocycles. The molecule has 0 N–H and O–H groups in total. The highest BCUT2D eigenvalue weighted by atomic mass is 35.5. The summed E-state index contributed by atoms with van der Waals surface area (Å²) in [5, 5.41) is 1.41. The molecule has 0 saturated carbocycles. The van der Waals surface area contributed by atoms with Crippen molar-refractivity contribution in [3.05, 3.63) is 58.7 Å². The SMILES string of the molecule is CO[C@@H]1C[C@@H](C(ON2C(=O)c3ccccc3C2=O)C2C=CC(Cl)=CC2)N(C(=O)OC(C)(C)C)C1. The van der Waals surface area contributed by atoms with Gasteiger partial charge >= 0.3 is 6.09 Å². The number of carbonyl (C=O) groups excluding carboxylic acids is 3. The van der Waals surface area contributed by atoms with E-state index >= 15 is 0 Å². The van der Waals surface area contributed by atoms with Gasteiger partial charge in [-0.1, -0.05) is 35.9 Å². The molecule has 1 saturated heterocycles. The van der Waals surface area contributed by atoms with Gasteiger partial charge in [-0.25, -0.2) is 4.79 Å². The van der Waals surface area contributed by atoms with Crippen LogP contribution in [0.2, 0.25) is 0 Å². The molecule has 2 aliphatic heterocycles. The average Bonchev–Trinajstić information content (AvgIpc) is 3.32. The highest BCUT2D eigenvalue weighted by Crippen LogP contribution is 2.35. The number of nitrogens with zero attached hydrogens (tertiary/aromatic N) is 2. The van der Waals surface area contributed by atoms with E-state index in [0.717, 1.165) is 5.06 Å². The first-order valence-electron chi connectivity index (χ1n) is 11.3. The van der Waals surface area contributed by atoms with E-state index in [2.05, 4.69) is 0 Å². The number of imide groups is 1. The van der Waals surface area contributed by atoms with Gasteiger partial charge in [-0.15, -0.1) is 5.06 Å². The molecule has 0 spiro atoms. The van der Waals surface area contributed by atoms with Gasteiger partial charge in [0, 0.05) is 18.1 Å². The van der Waals surface area contributed by atoms with Crippen molar-refractivity contribution in [1.82, 2.24) is 9.96 Å². The van der Waals surface area contributed by atoms with Gasteiger partial charge in [-0.3, -0.25) is 19.3 Å². The van der Waals surface area contributed by atoms with Crippen LogP contribution in [-0.4, -0.2) is 65.4 Å². The van der Waals surface area contributed by atoms with Crippen molar-refractivity contribution in [3.63, 3.8) is 0 Å². The number of hydrogen-bond acceptors (Lipinski definition) is 6. The molecule has 1 aromatic carbocycles. The molecule has 9 heteroatoms. The molecule has 1 aromatic rings. The summed E-state index contributed by atoms with van der Waals surface area (Å²) in [5.41, 5.74) is -0.107. The number of hydrogen-bond donors (Lipinski definition) is 0. The van der Waals surface area contributed by atoms with Gasteiger partial charge in [0.2, 0.25) is 0 Å². The summed E-state index contributed by atoms with van der Waals surface area (Å²) in [6.45, 7) is 5.71. The fraction of sp³-hybridized carbons (Fsp3) is 0.480. The predicted octanol–water partition coefficient (Wildman–Crippen LogP) is 4.31. The summed E-state index contributed by atoms with van der Waals surface area (Å²) in [6, 6.07) is 6.10. The Balaban J connectivity index is 1.66. The zero-order valence-electron chi connectivity index (χ0n) is 19.7. The third kappa shape index (κ3) is 4.89. The topological polar surface area (TPSA) is 85.4 Å². The Hall–Kier alpha value is -2.68. The maximum atomic E-state index is 13.1. The van der Waals surface area contributed by atoms with Gasteiger partial charge in [0.15, 0.2) is 0 Å². The standard InChI is InChI=1S/C25H29ClN2O6/c1-25(2,3)33-24(31)27-14-17(32-4)13-20(27)21(15-9-11-16(26)12-10-15)34-28-22(29)18-7-5-6-8-19(18)23(28)30/h5-9,11-12,15,17,20-21H,10,13-14H2,1-4H3/t15?,17-,20+,21?/m1/s1. The van der Waals surface area contributed by atoms with Gasteiger partial charge in [0.25, 0.3) is 11.8 Å². The van der Waals surface area contributed by atoms with Crippen LogP contribution < -0.4 is 0 Å². The molecule has 1 fully saturated rings. The molecule has 0 bridgehead atoms. The largest absolute Gasteiger partial charge is 0.444 e. The number of methoxy groups -OCH3 is 1. The van der Waals surface area contributed by atoms with E-state index in [1.807, 2.05) is 12.2 Å². The zero-order valence-corrected chi connectivity index (χ0v) is 20.4. The van der Waals surface area contributed by atoms with Crippen LogP contribution in [0.5, 0.6) is 0 Å². The van der Waals surface area contributed by atoms with Gasteiger partial charge in [-0.2, -0.15) is 0 Å². The molecule has 4 rings (SSSR count). The van der Waals surface area contributed by atoms with E-state index < -0.39 is 35.7 Å². The highest BCUT2D eigenvalue weighted by molar-refractivity contribution is 6.31. The molecule has 34 heavy (non-hydrogen) atoms. The number of halogens is 1. The maximum Gasteiger partial charge on any atom is 0.410 e. The minimum atomic E-state index is -0.716. The Morgan fingerprint density at radius 3 is 2.32 bits per heavy atom. The van der Waals surface area contributed by atoms with E-state index in [-0.39, 0.29) is 12.0 Å². The van der Waals surface area contributed by atoms with E-state index in [4.69, 9.17) is 25.9 Å². The molecular weight excluding hydrogens is 460 g/mol. The van der Waals surface area contributed by atoms with Crippen molar-refractivity contribution in [2.45, 2.75) is 57.5 Å². The molecule has 182 valence electrons. The number of benzene rings is 1. The van der Waals surface area contributed by atoms with Gasteiger partial charge in [-0.05, 0) is 51.8 Å². The first kappa shape index (κ1) is 24.4. The first-order valence-corrected chi connectivity index (χ1v) is 11.7. The van der Waals surface area contributed by atoms with Crippen LogP contribution in [0.1, 0.15) is 54.3 Å². The Bertz CT molecular complexity index is 1010. The monoisotopic (exact) mass is 488 g/mol. The van der Waals surface area contributed by atoms with Crippen molar-refractivity contribution >= 4 is 29.5 Å². The Kier molecular flexibility index (Phi) is 6.85. The van der Waals surface area contributed by atoms with Crippen LogP contribution in [0.25, 0.3) is 0 Å². The molecule has 8 nitrogen and oxygen atoms in total. The summed E-state index contributed by atoms with van der Waals surface area (Å²) >= 11 is 6.13. The van der Waals surface area contributed by atoms with Crippen LogP contribution in [0, 0.1) is 5.92 Å². The van der Waals surface area contributed by atoms with Crippen molar-refractivity contribution in [2.75, 3.05) is 13.7 Å². The van der Waals surface area contributed by atoms with Crippen LogP contribution in [0.15, 0.2) is 47.5 Å². The van der Waals surface area contributed by atoms with Crippen molar-refractivity contribution in [1.29, 1.82) is 0 Å². The molecule has 4 atom stereocenters. The number of likely N-dealkylation sites (tertiary alicyclic amines) is 1. The second-order valence-corrected chi connectivity index (χ2v) is 10.1. The van der Waals surface area contributed by atoms with Gasteiger partial charge < -0.3 is 9.47 Å². The molecule has 3 amide bonds. The van der Waals surface area contributed by atoms with E-state index in [0.29, 0.717) is 35.5 Å². The number of rotatable bonds is 5. The molecule has 0 radical (unpaired) electrons. The van der Waals surface area contributed by atoms with E-state index in [1.54, 1.807) is 63.1 Å². The van der Waals surface area contributed by atoms with E-state index in [1.165, 1.54) is 0 Å². The molecule has 3 aliphatic rings. The molecular formula is C25H29ClN2O6. The summed E-state index contributed by atoms with van der Waals surface area (Å²) in [5.74, 6) is -1.29. The normalized spacial score (nSPS) is 25.4. The summed E-state index contributed by atoms with van der Waals surface area (Å²) in [7, 11) is 1.59. The molecule has 1 aliphatic carbocycles. The van der Waals surface area contributed by atoms with Crippen LogP contribution in [-0.2, 0) is 14.3 Å². The van der Waals surface area contributed by atoms with Gasteiger partial charge in [0.05, 0.1) is 29.8 Å². The minimum Gasteiger partial charge on any atom is -0.444 e. The summed E-state index contributed by atoms with van der Waals surface area (Å²) in [6.07, 6.45) is 5.04. The number of hydroxylamine groups is 2. The van der Waals surface area contributed by atoms with Crippen LogP contribution >= 0.6 is 11.6 Å². The smallest absolute Gasteiger partial charge is 0.410 e. The Labute approximate surface area is 204 Å². The number of ether oxygens (including phenoxy) is 2. The lowest BCUT2D eigenvalue weighted by atomic mass is 9.89. The maximum absolute atomic E-state index is 13.1. The number of carbonyl (C=O) groups is 3. The summed E-state index contributed by atoms with van der Waals surface area (Å²) < 4.78 is 11.2. The highest BCUT2D eigenvalue weighted by Gasteiger charge is 2.48. The zero-order chi connectivity index (χ0) is 24.6. The quantitative estimate of drug-likeness (QED) is 0.574. The van der Waals surface area contributed by atoms with Crippen molar-refractivity contribution < 1.29 is 28.7 Å². The molecule has 0 aromatic heterocycles. The van der Waals surface area contributed by atoms with Crippen molar-refractivity contribution in [3.8, 4) is 0 Å². The number of allylic oxidation sites excluding steroid dienone is 3. The fourth-order valence-electron chi connectivity index (χ4n) is 4.51. The Morgan fingerprint density at radius 2 is 1.79 bits per heavy atom. The van der Waals surface area contributed by atoms with Gasteiger partial charge in [0.1, 0.15) is 11.7 Å². The second-order valence-electron chi connectivity index (χ2n) is 9.66. The lowest BCUT2D eigenvalue weighted by molar-refractivity contribution is -0.162. The van der Waals surface area contributed by atoms with Crippen molar-refractivity contribution in [2.24, 2.45) is 5.92 Å². The average molecular weight is 489 g/mol. The lowest BCUT2D eigenvalue weighted by Crippen LogP contribution is -2.51.